The predicted octanol–water partition coefficient (Wildman–Crippen LogP) is 2.77. The zero-order valence-electron chi connectivity index (χ0n) is 11.0. The second kappa shape index (κ2) is 6.04. The summed E-state index contributed by atoms with van der Waals surface area (Å²) in [6.45, 7) is 8.71. The molecule has 0 bridgehead atoms. The van der Waals surface area contributed by atoms with E-state index in [2.05, 4.69) is 38.9 Å². The fourth-order valence-corrected chi connectivity index (χ4v) is 1.85. The summed E-state index contributed by atoms with van der Waals surface area (Å²) in [6, 6.07) is 2.85. The third kappa shape index (κ3) is 4.35. The lowest BCUT2D eigenvalue weighted by Crippen LogP contribution is -2.22. The van der Waals surface area contributed by atoms with Crippen LogP contribution in [0.4, 0.5) is 0 Å². The fourth-order valence-electron chi connectivity index (χ4n) is 1.85. The largest absolute Gasteiger partial charge is 0.328 e. The highest BCUT2D eigenvalue weighted by molar-refractivity contribution is 5.00. The van der Waals surface area contributed by atoms with Crippen LogP contribution in [-0.2, 0) is 6.42 Å². The van der Waals surface area contributed by atoms with Crippen molar-refractivity contribution < 1.29 is 0 Å². The summed E-state index contributed by atoms with van der Waals surface area (Å²) < 4.78 is 2.00. The molecule has 1 heterocycles. The van der Waals surface area contributed by atoms with Crippen LogP contribution in [0.1, 0.15) is 52.3 Å². The second-order valence-corrected chi connectivity index (χ2v) is 5.31. The number of aryl methyl sites for hydroxylation is 1. The van der Waals surface area contributed by atoms with Gasteiger partial charge < -0.3 is 5.73 Å². The molecule has 16 heavy (non-hydrogen) atoms. The van der Waals surface area contributed by atoms with Gasteiger partial charge >= 0.3 is 0 Å². The Morgan fingerprint density at radius 3 is 2.50 bits per heavy atom. The smallest absolute Gasteiger partial charge is 0.0625 e. The SMILES string of the molecule is CC(C)CC(N)CCc1ccn(C(C)C)n1. The van der Waals surface area contributed by atoms with Crippen LogP contribution in [0.2, 0.25) is 0 Å². The van der Waals surface area contributed by atoms with Crippen LogP contribution in [-0.4, -0.2) is 15.8 Å². The average molecular weight is 223 g/mol. The minimum absolute atomic E-state index is 0.309. The van der Waals surface area contributed by atoms with E-state index in [-0.39, 0.29) is 0 Å². The Morgan fingerprint density at radius 2 is 2.00 bits per heavy atom. The first kappa shape index (κ1) is 13.2. The third-order valence-corrected chi connectivity index (χ3v) is 2.74. The lowest BCUT2D eigenvalue weighted by molar-refractivity contribution is 0.468. The molecule has 3 heteroatoms. The minimum Gasteiger partial charge on any atom is -0.328 e. The highest BCUT2D eigenvalue weighted by Gasteiger charge is 2.07. The molecule has 1 atom stereocenters. The van der Waals surface area contributed by atoms with E-state index < -0.39 is 0 Å². The van der Waals surface area contributed by atoms with Gasteiger partial charge in [0.1, 0.15) is 0 Å². The fraction of sp³-hybridized carbons (Fsp3) is 0.769. The van der Waals surface area contributed by atoms with Crippen LogP contribution in [0.15, 0.2) is 12.3 Å². The Balaban J connectivity index is 2.36. The molecule has 0 aromatic carbocycles. The Bertz CT molecular complexity index is 302. The van der Waals surface area contributed by atoms with Crippen LogP contribution >= 0.6 is 0 Å². The number of hydrogen-bond donors (Lipinski definition) is 1. The lowest BCUT2D eigenvalue weighted by atomic mass is 10.00. The van der Waals surface area contributed by atoms with Crippen molar-refractivity contribution in [3.05, 3.63) is 18.0 Å². The predicted molar refractivity (Wildman–Crippen MR) is 68.4 cm³/mol. The maximum absolute atomic E-state index is 6.05. The Labute approximate surface area is 99.0 Å². The molecule has 0 spiro atoms. The van der Waals surface area contributed by atoms with Crippen molar-refractivity contribution >= 4 is 0 Å². The van der Waals surface area contributed by atoms with E-state index in [0.29, 0.717) is 18.0 Å². The summed E-state index contributed by atoms with van der Waals surface area (Å²) >= 11 is 0. The average Bonchev–Trinajstić information content (AvgIpc) is 2.61. The summed E-state index contributed by atoms with van der Waals surface area (Å²) in [7, 11) is 0. The van der Waals surface area contributed by atoms with Crippen LogP contribution in [0.3, 0.4) is 0 Å². The molecule has 0 amide bonds. The quantitative estimate of drug-likeness (QED) is 0.806. The molecule has 0 aliphatic carbocycles. The molecule has 0 fully saturated rings. The van der Waals surface area contributed by atoms with Crippen molar-refractivity contribution in [3.63, 3.8) is 0 Å². The van der Waals surface area contributed by atoms with Gasteiger partial charge in [0.25, 0.3) is 0 Å². The molecule has 1 aromatic heterocycles. The molecule has 2 N–H and O–H groups in total. The van der Waals surface area contributed by atoms with Gasteiger partial charge in [-0.1, -0.05) is 13.8 Å². The normalized spacial score (nSPS) is 13.7. The maximum atomic E-state index is 6.05. The molecule has 0 aliphatic rings. The monoisotopic (exact) mass is 223 g/mol. The highest BCUT2D eigenvalue weighted by Crippen LogP contribution is 2.10. The van der Waals surface area contributed by atoms with E-state index in [4.69, 9.17) is 5.73 Å². The van der Waals surface area contributed by atoms with E-state index in [9.17, 15) is 0 Å². The van der Waals surface area contributed by atoms with Gasteiger partial charge in [0.2, 0.25) is 0 Å². The van der Waals surface area contributed by atoms with Crippen LogP contribution in [0.5, 0.6) is 0 Å². The van der Waals surface area contributed by atoms with Gasteiger partial charge in [0.05, 0.1) is 5.69 Å². The summed E-state index contributed by atoms with van der Waals surface area (Å²) in [6.07, 6.45) is 5.18. The Kier molecular flexibility index (Phi) is 5.00. The van der Waals surface area contributed by atoms with Gasteiger partial charge in [-0.3, -0.25) is 4.68 Å². The standard InChI is InChI=1S/C13H25N3/c1-10(2)9-12(14)5-6-13-7-8-16(15-13)11(3)4/h7-8,10-12H,5-6,9,14H2,1-4H3. The zero-order chi connectivity index (χ0) is 12.1. The van der Waals surface area contributed by atoms with Gasteiger partial charge in [-0.15, -0.1) is 0 Å². The van der Waals surface area contributed by atoms with Crippen LogP contribution < -0.4 is 5.73 Å². The van der Waals surface area contributed by atoms with Crippen molar-refractivity contribution in [1.29, 1.82) is 0 Å². The van der Waals surface area contributed by atoms with E-state index >= 15 is 0 Å². The number of hydrogen-bond acceptors (Lipinski definition) is 2. The first-order valence-corrected chi connectivity index (χ1v) is 6.28. The molecule has 0 aliphatic heterocycles. The molecule has 0 radical (unpaired) electrons. The van der Waals surface area contributed by atoms with Crippen LogP contribution in [0, 0.1) is 5.92 Å². The van der Waals surface area contributed by atoms with Crippen molar-refractivity contribution in [2.24, 2.45) is 11.7 Å². The molecule has 1 aromatic rings. The molecule has 1 unspecified atom stereocenters. The molecular formula is C13H25N3. The molecular weight excluding hydrogens is 198 g/mol. The molecule has 92 valence electrons. The van der Waals surface area contributed by atoms with Crippen LogP contribution in [0.25, 0.3) is 0 Å². The van der Waals surface area contributed by atoms with Gasteiger partial charge in [0, 0.05) is 18.3 Å². The summed E-state index contributed by atoms with van der Waals surface area (Å²) in [5.41, 5.74) is 7.21. The van der Waals surface area contributed by atoms with Crippen molar-refractivity contribution in [3.8, 4) is 0 Å². The topological polar surface area (TPSA) is 43.8 Å². The second-order valence-electron chi connectivity index (χ2n) is 5.31. The van der Waals surface area contributed by atoms with Crippen molar-refractivity contribution in [2.75, 3.05) is 0 Å². The van der Waals surface area contributed by atoms with E-state index in [0.717, 1.165) is 25.0 Å². The zero-order valence-corrected chi connectivity index (χ0v) is 11.0. The molecule has 1 rings (SSSR count). The maximum Gasteiger partial charge on any atom is 0.0625 e. The van der Waals surface area contributed by atoms with E-state index in [1.54, 1.807) is 0 Å². The van der Waals surface area contributed by atoms with Crippen molar-refractivity contribution in [1.82, 2.24) is 9.78 Å². The van der Waals surface area contributed by atoms with Gasteiger partial charge in [-0.2, -0.15) is 5.10 Å². The first-order valence-electron chi connectivity index (χ1n) is 6.28. The molecule has 0 saturated carbocycles. The van der Waals surface area contributed by atoms with Gasteiger partial charge in [-0.25, -0.2) is 0 Å². The molecule has 3 nitrogen and oxygen atoms in total. The van der Waals surface area contributed by atoms with Gasteiger partial charge in [-0.05, 0) is 45.1 Å². The Hall–Kier alpha value is -0.830. The number of nitrogens with two attached hydrogens (primary N) is 1. The lowest BCUT2D eigenvalue weighted by Gasteiger charge is -2.12. The minimum atomic E-state index is 0.309. The summed E-state index contributed by atoms with van der Waals surface area (Å²) in [5.74, 6) is 0.684. The number of aromatic nitrogens is 2. The van der Waals surface area contributed by atoms with Crippen molar-refractivity contribution in [2.45, 2.75) is 59.0 Å². The first-order chi connectivity index (χ1) is 7.49. The summed E-state index contributed by atoms with van der Waals surface area (Å²) in [4.78, 5) is 0. The third-order valence-electron chi connectivity index (χ3n) is 2.74. The number of rotatable bonds is 6. The Morgan fingerprint density at radius 1 is 1.31 bits per heavy atom. The van der Waals surface area contributed by atoms with E-state index in [1.807, 2.05) is 10.9 Å². The highest BCUT2D eigenvalue weighted by atomic mass is 15.3. The summed E-state index contributed by atoms with van der Waals surface area (Å²) in [5, 5.41) is 4.52. The number of nitrogens with zero attached hydrogens (tertiary/aromatic N) is 2. The molecule has 0 saturated heterocycles. The van der Waals surface area contributed by atoms with Gasteiger partial charge in [0.15, 0.2) is 0 Å². The van der Waals surface area contributed by atoms with E-state index in [1.165, 1.54) is 0 Å².